The molecule has 0 aromatic heterocycles. The van der Waals surface area contributed by atoms with Crippen LogP contribution in [0.5, 0.6) is 0 Å². The van der Waals surface area contributed by atoms with Crippen molar-refractivity contribution in [2.45, 2.75) is 26.4 Å². The van der Waals surface area contributed by atoms with Crippen LogP contribution in [0.25, 0.3) is 0 Å². The zero-order chi connectivity index (χ0) is 13.6. The Bertz CT molecular complexity index is 454. The van der Waals surface area contributed by atoms with Gasteiger partial charge in [0.05, 0.1) is 5.56 Å². The third kappa shape index (κ3) is 2.99. The molecule has 1 aromatic rings. The van der Waals surface area contributed by atoms with Gasteiger partial charge in [-0.15, -0.1) is 0 Å². The summed E-state index contributed by atoms with van der Waals surface area (Å²) in [6.07, 6.45) is -3.25. The standard InChI is InChI=1S/C13H15BrF3N/c1-12(2)6-8(12)7-18-11-5-9(14)3-4-10(11)13(15,16)17/h3-5,8,18H,6-7H2,1-2H3. The lowest BCUT2D eigenvalue weighted by Crippen LogP contribution is -2.13. The molecule has 1 aromatic carbocycles. The number of rotatable bonds is 3. The third-order valence-corrected chi connectivity index (χ3v) is 4.04. The first-order valence-electron chi connectivity index (χ1n) is 5.81. The van der Waals surface area contributed by atoms with Crippen LogP contribution in [0.1, 0.15) is 25.8 Å². The van der Waals surface area contributed by atoms with Crippen molar-refractivity contribution in [1.29, 1.82) is 0 Å². The number of hydrogen-bond acceptors (Lipinski definition) is 1. The molecule has 0 bridgehead atoms. The summed E-state index contributed by atoms with van der Waals surface area (Å²) in [7, 11) is 0. The van der Waals surface area contributed by atoms with Gasteiger partial charge in [-0.25, -0.2) is 0 Å². The second-order valence-corrected chi connectivity index (χ2v) is 6.37. The molecule has 1 saturated carbocycles. The summed E-state index contributed by atoms with van der Waals surface area (Å²) >= 11 is 3.20. The summed E-state index contributed by atoms with van der Waals surface area (Å²) in [5.74, 6) is 0.456. The van der Waals surface area contributed by atoms with E-state index in [0.29, 0.717) is 16.9 Å². The van der Waals surface area contributed by atoms with Gasteiger partial charge in [0.1, 0.15) is 0 Å². The third-order valence-electron chi connectivity index (χ3n) is 3.54. The van der Waals surface area contributed by atoms with E-state index in [2.05, 4.69) is 35.1 Å². The van der Waals surface area contributed by atoms with E-state index < -0.39 is 11.7 Å². The monoisotopic (exact) mass is 321 g/mol. The van der Waals surface area contributed by atoms with E-state index in [0.717, 1.165) is 12.5 Å². The fourth-order valence-electron chi connectivity index (χ4n) is 2.07. The molecule has 0 heterocycles. The van der Waals surface area contributed by atoms with Crippen LogP contribution < -0.4 is 5.32 Å². The first-order valence-corrected chi connectivity index (χ1v) is 6.60. The summed E-state index contributed by atoms with van der Waals surface area (Å²) in [6.45, 7) is 4.85. The summed E-state index contributed by atoms with van der Waals surface area (Å²) in [6, 6.07) is 4.00. The Hall–Kier alpha value is -0.710. The SMILES string of the molecule is CC1(C)CC1CNc1cc(Br)ccc1C(F)(F)F. The fourth-order valence-corrected chi connectivity index (χ4v) is 2.43. The van der Waals surface area contributed by atoms with Gasteiger partial charge >= 0.3 is 6.18 Å². The summed E-state index contributed by atoms with van der Waals surface area (Å²) in [4.78, 5) is 0. The van der Waals surface area contributed by atoms with E-state index >= 15 is 0 Å². The molecule has 1 atom stereocenters. The van der Waals surface area contributed by atoms with Crippen molar-refractivity contribution in [3.63, 3.8) is 0 Å². The van der Waals surface area contributed by atoms with E-state index in [4.69, 9.17) is 0 Å². The highest BCUT2D eigenvalue weighted by Crippen LogP contribution is 2.51. The van der Waals surface area contributed by atoms with Gasteiger partial charge in [0.2, 0.25) is 0 Å². The molecule has 2 rings (SSSR count). The quantitative estimate of drug-likeness (QED) is 0.832. The van der Waals surface area contributed by atoms with Crippen molar-refractivity contribution in [3.8, 4) is 0 Å². The van der Waals surface area contributed by atoms with Crippen molar-refractivity contribution in [2.24, 2.45) is 11.3 Å². The largest absolute Gasteiger partial charge is 0.418 e. The van der Waals surface area contributed by atoms with E-state index in [1.54, 1.807) is 0 Å². The maximum Gasteiger partial charge on any atom is 0.418 e. The summed E-state index contributed by atoms with van der Waals surface area (Å²) in [5, 5.41) is 2.93. The lowest BCUT2D eigenvalue weighted by atomic mass is 10.1. The van der Waals surface area contributed by atoms with Crippen molar-refractivity contribution < 1.29 is 13.2 Å². The molecule has 0 amide bonds. The maximum atomic E-state index is 12.8. The molecular formula is C13H15BrF3N. The summed E-state index contributed by atoms with van der Waals surface area (Å²) < 4.78 is 39.1. The predicted octanol–water partition coefficient (Wildman–Crippen LogP) is 4.93. The Morgan fingerprint density at radius 2 is 2.00 bits per heavy atom. The second kappa shape index (κ2) is 4.44. The van der Waals surface area contributed by atoms with Crippen LogP contribution in [0.2, 0.25) is 0 Å². The minimum Gasteiger partial charge on any atom is -0.384 e. The van der Waals surface area contributed by atoms with Crippen molar-refractivity contribution in [3.05, 3.63) is 28.2 Å². The number of anilines is 1. The molecule has 1 aliphatic rings. The molecule has 5 heteroatoms. The van der Waals surface area contributed by atoms with Crippen LogP contribution in [-0.4, -0.2) is 6.54 Å². The van der Waals surface area contributed by atoms with Gasteiger partial charge < -0.3 is 5.32 Å². The Labute approximate surface area is 113 Å². The Morgan fingerprint density at radius 1 is 1.39 bits per heavy atom. The zero-order valence-corrected chi connectivity index (χ0v) is 11.8. The second-order valence-electron chi connectivity index (χ2n) is 5.46. The Morgan fingerprint density at radius 3 is 2.50 bits per heavy atom. The van der Waals surface area contributed by atoms with Gasteiger partial charge in [-0.2, -0.15) is 13.2 Å². The molecular weight excluding hydrogens is 307 g/mol. The molecule has 1 unspecified atom stereocenters. The molecule has 100 valence electrons. The van der Waals surface area contributed by atoms with Crippen LogP contribution in [0, 0.1) is 11.3 Å². The van der Waals surface area contributed by atoms with E-state index in [1.807, 2.05) is 0 Å². The smallest absolute Gasteiger partial charge is 0.384 e. The number of hydrogen-bond donors (Lipinski definition) is 1. The molecule has 0 radical (unpaired) electrons. The number of alkyl halides is 3. The van der Waals surface area contributed by atoms with Gasteiger partial charge in [0.25, 0.3) is 0 Å². The topological polar surface area (TPSA) is 12.0 Å². The van der Waals surface area contributed by atoms with Crippen LogP contribution in [0.3, 0.4) is 0 Å². The number of nitrogens with one attached hydrogen (secondary N) is 1. The van der Waals surface area contributed by atoms with E-state index in [-0.39, 0.29) is 11.1 Å². The van der Waals surface area contributed by atoms with Gasteiger partial charge in [-0.05, 0) is 36.0 Å². The minimum atomic E-state index is -4.32. The van der Waals surface area contributed by atoms with Gasteiger partial charge in [0.15, 0.2) is 0 Å². The van der Waals surface area contributed by atoms with Gasteiger partial charge in [-0.3, -0.25) is 0 Å². The first kappa shape index (κ1) is 13.7. The van der Waals surface area contributed by atoms with Crippen molar-refractivity contribution in [1.82, 2.24) is 0 Å². The molecule has 1 N–H and O–H groups in total. The van der Waals surface area contributed by atoms with Gasteiger partial charge in [-0.1, -0.05) is 29.8 Å². The molecule has 1 aliphatic carbocycles. The number of halogens is 4. The lowest BCUT2D eigenvalue weighted by Gasteiger charge is -2.15. The van der Waals surface area contributed by atoms with Crippen LogP contribution in [0.4, 0.5) is 18.9 Å². The number of benzene rings is 1. The molecule has 1 fully saturated rings. The minimum absolute atomic E-state index is 0.152. The molecule has 1 nitrogen and oxygen atoms in total. The van der Waals surface area contributed by atoms with Crippen LogP contribution in [-0.2, 0) is 6.18 Å². The fraction of sp³-hybridized carbons (Fsp3) is 0.538. The Balaban J connectivity index is 2.13. The summed E-state index contributed by atoms with van der Waals surface area (Å²) in [5.41, 5.74) is -0.194. The molecule has 0 aliphatic heterocycles. The molecule has 0 spiro atoms. The predicted molar refractivity (Wildman–Crippen MR) is 69.5 cm³/mol. The highest BCUT2D eigenvalue weighted by Gasteiger charge is 2.45. The van der Waals surface area contributed by atoms with Crippen LogP contribution >= 0.6 is 15.9 Å². The highest BCUT2D eigenvalue weighted by atomic mass is 79.9. The van der Waals surface area contributed by atoms with Crippen molar-refractivity contribution >= 4 is 21.6 Å². The zero-order valence-electron chi connectivity index (χ0n) is 10.2. The maximum absolute atomic E-state index is 12.8. The normalized spacial score (nSPS) is 21.8. The van der Waals surface area contributed by atoms with Gasteiger partial charge in [0, 0.05) is 16.7 Å². The average molecular weight is 322 g/mol. The average Bonchev–Trinajstić information content (AvgIpc) is 2.82. The Kier molecular flexibility index (Phi) is 3.38. The van der Waals surface area contributed by atoms with E-state index in [1.165, 1.54) is 12.1 Å². The molecule has 0 saturated heterocycles. The highest BCUT2D eigenvalue weighted by molar-refractivity contribution is 9.10. The molecule has 18 heavy (non-hydrogen) atoms. The van der Waals surface area contributed by atoms with Crippen LogP contribution in [0.15, 0.2) is 22.7 Å². The van der Waals surface area contributed by atoms with Crippen molar-refractivity contribution in [2.75, 3.05) is 11.9 Å². The first-order chi connectivity index (χ1) is 8.20. The lowest BCUT2D eigenvalue weighted by molar-refractivity contribution is -0.137. The van der Waals surface area contributed by atoms with E-state index in [9.17, 15) is 13.2 Å².